The number of hydrogen-bond donors (Lipinski definition) is 1. The lowest BCUT2D eigenvalue weighted by Gasteiger charge is -2.24. The molecule has 4 nitrogen and oxygen atoms in total. The molecular weight excluding hydrogens is 228 g/mol. The van der Waals surface area contributed by atoms with Gasteiger partial charge in [0.15, 0.2) is 0 Å². The van der Waals surface area contributed by atoms with Crippen LogP contribution in [0.2, 0.25) is 0 Å². The van der Waals surface area contributed by atoms with Crippen LogP contribution in [-0.2, 0) is 4.74 Å². The first-order valence-electron chi connectivity index (χ1n) is 6.33. The lowest BCUT2D eigenvalue weighted by atomic mass is 10.1. The Kier molecular flexibility index (Phi) is 4.20. The number of nitrogens with zero attached hydrogens (tertiary/aromatic N) is 1. The number of carbonyl (C=O) groups is 1. The molecule has 0 atom stereocenters. The molecule has 1 fully saturated rings. The molecule has 0 spiro atoms. The fraction of sp³-hybridized carbons (Fsp3) is 0.500. The number of nitrogens with one attached hydrogen (secondary N) is 1. The van der Waals surface area contributed by atoms with E-state index < -0.39 is 0 Å². The molecule has 4 heteroatoms. The zero-order valence-electron chi connectivity index (χ0n) is 11.0. The van der Waals surface area contributed by atoms with Gasteiger partial charge in [0.2, 0.25) is 0 Å². The van der Waals surface area contributed by atoms with Crippen LogP contribution in [0, 0.1) is 0 Å². The van der Waals surface area contributed by atoms with Crippen LogP contribution >= 0.6 is 0 Å². The van der Waals surface area contributed by atoms with Gasteiger partial charge in [-0.1, -0.05) is 6.07 Å². The average Bonchev–Trinajstić information content (AvgIpc) is 2.39. The maximum Gasteiger partial charge on any atom is 0.253 e. The Labute approximate surface area is 108 Å². The summed E-state index contributed by atoms with van der Waals surface area (Å²) in [5, 5.41) is 3.46. The van der Waals surface area contributed by atoms with Crippen LogP contribution in [0.5, 0.6) is 0 Å². The van der Waals surface area contributed by atoms with Gasteiger partial charge in [0.1, 0.15) is 0 Å². The van der Waals surface area contributed by atoms with E-state index in [2.05, 4.69) is 5.32 Å². The number of amides is 1. The van der Waals surface area contributed by atoms with Crippen molar-refractivity contribution < 1.29 is 9.53 Å². The minimum atomic E-state index is 0.0330. The molecule has 18 heavy (non-hydrogen) atoms. The van der Waals surface area contributed by atoms with Gasteiger partial charge in [-0.3, -0.25) is 4.79 Å². The standard InChI is InChI=1S/C14H20N2O2/c1-16(2)14(17)11-4-3-5-13(10-11)15-12-6-8-18-9-7-12/h3-5,10,12,15H,6-9H2,1-2H3. The Balaban J connectivity index is 2.04. The maximum absolute atomic E-state index is 11.9. The van der Waals surface area contributed by atoms with E-state index in [0.29, 0.717) is 6.04 Å². The molecule has 1 aliphatic rings. The van der Waals surface area contributed by atoms with E-state index >= 15 is 0 Å². The first-order valence-corrected chi connectivity index (χ1v) is 6.33. The summed E-state index contributed by atoms with van der Waals surface area (Å²) in [5.41, 5.74) is 1.73. The van der Waals surface area contributed by atoms with Crippen LogP contribution < -0.4 is 5.32 Å². The number of hydrogen-bond acceptors (Lipinski definition) is 3. The molecule has 0 aliphatic carbocycles. The van der Waals surface area contributed by atoms with Crippen molar-refractivity contribution in [2.75, 3.05) is 32.6 Å². The molecule has 1 aromatic carbocycles. The fourth-order valence-electron chi connectivity index (χ4n) is 2.08. The van der Waals surface area contributed by atoms with E-state index in [0.717, 1.165) is 37.3 Å². The van der Waals surface area contributed by atoms with Crippen LogP contribution in [0.15, 0.2) is 24.3 Å². The quantitative estimate of drug-likeness (QED) is 0.889. The molecule has 1 amide bonds. The van der Waals surface area contributed by atoms with Gasteiger partial charge in [-0.25, -0.2) is 0 Å². The molecular formula is C14H20N2O2. The largest absolute Gasteiger partial charge is 0.382 e. The van der Waals surface area contributed by atoms with Crippen molar-refractivity contribution in [1.82, 2.24) is 4.90 Å². The highest BCUT2D eigenvalue weighted by molar-refractivity contribution is 5.94. The SMILES string of the molecule is CN(C)C(=O)c1cccc(NC2CCOCC2)c1. The first kappa shape index (κ1) is 12.9. The summed E-state index contributed by atoms with van der Waals surface area (Å²) in [6, 6.07) is 8.12. The van der Waals surface area contributed by atoms with Gasteiger partial charge < -0.3 is 15.0 Å². The van der Waals surface area contributed by atoms with E-state index in [1.807, 2.05) is 24.3 Å². The van der Waals surface area contributed by atoms with Crippen LogP contribution in [0.1, 0.15) is 23.2 Å². The van der Waals surface area contributed by atoms with Gasteiger partial charge in [0, 0.05) is 44.6 Å². The number of carbonyl (C=O) groups excluding carboxylic acids is 1. The van der Waals surface area contributed by atoms with Crippen molar-refractivity contribution in [1.29, 1.82) is 0 Å². The van der Waals surface area contributed by atoms with E-state index in [4.69, 9.17) is 4.74 Å². The third kappa shape index (κ3) is 3.23. The van der Waals surface area contributed by atoms with Crippen molar-refractivity contribution in [3.05, 3.63) is 29.8 Å². The summed E-state index contributed by atoms with van der Waals surface area (Å²) in [6.07, 6.45) is 2.04. The number of rotatable bonds is 3. The molecule has 1 N–H and O–H groups in total. The fourth-order valence-corrected chi connectivity index (χ4v) is 2.08. The second-order valence-corrected chi connectivity index (χ2v) is 4.81. The van der Waals surface area contributed by atoms with Crippen molar-refractivity contribution in [2.24, 2.45) is 0 Å². The maximum atomic E-state index is 11.9. The topological polar surface area (TPSA) is 41.6 Å². The van der Waals surface area contributed by atoms with E-state index in [1.54, 1.807) is 19.0 Å². The first-order chi connectivity index (χ1) is 8.66. The molecule has 98 valence electrons. The normalized spacial score (nSPS) is 16.3. The second kappa shape index (κ2) is 5.87. The number of benzene rings is 1. The van der Waals surface area contributed by atoms with Crippen molar-refractivity contribution in [3.8, 4) is 0 Å². The van der Waals surface area contributed by atoms with Gasteiger partial charge in [-0.2, -0.15) is 0 Å². The minimum Gasteiger partial charge on any atom is -0.382 e. The van der Waals surface area contributed by atoms with Crippen LogP contribution in [0.3, 0.4) is 0 Å². The summed E-state index contributed by atoms with van der Waals surface area (Å²) in [4.78, 5) is 13.5. The van der Waals surface area contributed by atoms with Crippen molar-refractivity contribution in [2.45, 2.75) is 18.9 Å². The van der Waals surface area contributed by atoms with Gasteiger partial charge in [-0.15, -0.1) is 0 Å². The lowest BCUT2D eigenvalue weighted by Crippen LogP contribution is -2.28. The van der Waals surface area contributed by atoms with E-state index in [-0.39, 0.29) is 5.91 Å². The second-order valence-electron chi connectivity index (χ2n) is 4.81. The number of ether oxygens (including phenoxy) is 1. The van der Waals surface area contributed by atoms with Gasteiger partial charge >= 0.3 is 0 Å². The van der Waals surface area contributed by atoms with E-state index in [9.17, 15) is 4.79 Å². The molecule has 1 aliphatic heterocycles. The zero-order valence-corrected chi connectivity index (χ0v) is 11.0. The van der Waals surface area contributed by atoms with Crippen LogP contribution in [0.25, 0.3) is 0 Å². The molecule has 0 bridgehead atoms. The summed E-state index contributed by atoms with van der Waals surface area (Å²) >= 11 is 0. The third-order valence-electron chi connectivity index (χ3n) is 3.11. The van der Waals surface area contributed by atoms with Gasteiger partial charge in [-0.05, 0) is 31.0 Å². The summed E-state index contributed by atoms with van der Waals surface area (Å²) < 4.78 is 5.33. The highest BCUT2D eigenvalue weighted by Gasteiger charge is 2.14. The highest BCUT2D eigenvalue weighted by Crippen LogP contribution is 2.17. The molecule has 1 saturated heterocycles. The molecule has 1 aromatic rings. The predicted octanol–water partition coefficient (Wildman–Crippen LogP) is 1.98. The smallest absolute Gasteiger partial charge is 0.253 e. The summed E-state index contributed by atoms with van der Waals surface area (Å²) in [7, 11) is 3.53. The van der Waals surface area contributed by atoms with Crippen molar-refractivity contribution >= 4 is 11.6 Å². The molecule has 2 rings (SSSR count). The molecule has 0 unspecified atom stereocenters. The Morgan fingerprint density at radius 1 is 1.33 bits per heavy atom. The Morgan fingerprint density at radius 3 is 2.72 bits per heavy atom. The lowest BCUT2D eigenvalue weighted by molar-refractivity contribution is 0.0827. The van der Waals surface area contributed by atoms with Crippen LogP contribution in [0.4, 0.5) is 5.69 Å². The highest BCUT2D eigenvalue weighted by atomic mass is 16.5. The third-order valence-corrected chi connectivity index (χ3v) is 3.11. The molecule has 0 saturated carbocycles. The summed E-state index contributed by atoms with van der Waals surface area (Å²) in [5.74, 6) is 0.0330. The van der Waals surface area contributed by atoms with Crippen LogP contribution in [-0.4, -0.2) is 44.2 Å². The Morgan fingerprint density at radius 2 is 2.06 bits per heavy atom. The van der Waals surface area contributed by atoms with E-state index in [1.165, 1.54) is 0 Å². The zero-order chi connectivity index (χ0) is 13.0. The molecule has 0 radical (unpaired) electrons. The predicted molar refractivity (Wildman–Crippen MR) is 71.9 cm³/mol. The minimum absolute atomic E-state index is 0.0330. The molecule has 1 heterocycles. The molecule has 0 aromatic heterocycles. The summed E-state index contributed by atoms with van der Waals surface area (Å²) in [6.45, 7) is 1.63. The average molecular weight is 248 g/mol. The van der Waals surface area contributed by atoms with Crippen molar-refractivity contribution in [3.63, 3.8) is 0 Å². The van der Waals surface area contributed by atoms with Gasteiger partial charge in [0.25, 0.3) is 5.91 Å². The number of anilines is 1. The monoisotopic (exact) mass is 248 g/mol. The Bertz CT molecular complexity index is 412. The Hall–Kier alpha value is -1.55. The van der Waals surface area contributed by atoms with Gasteiger partial charge in [0.05, 0.1) is 0 Å².